The number of rotatable bonds is 5. The SMILES string of the molecule is C=Cc1ccc(C(=O)N2CCN(Cc3ccccc3CO)CC2)cc1. The van der Waals surface area contributed by atoms with Crippen molar-refractivity contribution in [2.75, 3.05) is 26.2 Å². The number of aliphatic hydroxyl groups excluding tert-OH is 1. The molecule has 2 aromatic carbocycles. The van der Waals surface area contributed by atoms with Crippen LogP contribution >= 0.6 is 0 Å². The lowest BCUT2D eigenvalue weighted by Crippen LogP contribution is -2.48. The molecule has 1 fully saturated rings. The van der Waals surface area contributed by atoms with Crippen LogP contribution in [0.3, 0.4) is 0 Å². The van der Waals surface area contributed by atoms with Crippen LogP contribution in [0.5, 0.6) is 0 Å². The molecular weight excluding hydrogens is 312 g/mol. The Morgan fingerprint density at radius 3 is 2.24 bits per heavy atom. The number of carbonyl (C=O) groups is 1. The van der Waals surface area contributed by atoms with Crippen LogP contribution in [0, 0.1) is 0 Å². The average molecular weight is 336 g/mol. The van der Waals surface area contributed by atoms with Crippen LogP contribution < -0.4 is 0 Å². The van der Waals surface area contributed by atoms with E-state index in [1.165, 1.54) is 0 Å². The maximum Gasteiger partial charge on any atom is 0.253 e. The maximum absolute atomic E-state index is 12.6. The fourth-order valence-electron chi connectivity index (χ4n) is 3.16. The largest absolute Gasteiger partial charge is 0.392 e. The molecule has 0 spiro atoms. The van der Waals surface area contributed by atoms with E-state index in [9.17, 15) is 9.90 Å². The molecule has 1 aliphatic rings. The van der Waals surface area contributed by atoms with Crippen molar-refractivity contribution in [3.05, 3.63) is 77.4 Å². The van der Waals surface area contributed by atoms with Crippen LogP contribution in [0.4, 0.5) is 0 Å². The molecule has 25 heavy (non-hydrogen) atoms. The van der Waals surface area contributed by atoms with Crippen LogP contribution in [-0.2, 0) is 13.2 Å². The lowest BCUT2D eigenvalue weighted by molar-refractivity contribution is 0.0628. The van der Waals surface area contributed by atoms with Crippen LogP contribution in [0.15, 0.2) is 55.1 Å². The van der Waals surface area contributed by atoms with E-state index >= 15 is 0 Å². The predicted molar refractivity (Wildman–Crippen MR) is 100 cm³/mol. The molecule has 0 aliphatic carbocycles. The molecule has 0 unspecified atom stereocenters. The zero-order valence-electron chi connectivity index (χ0n) is 14.4. The Morgan fingerprint density at radius 1 is 1.00 bits per heavy atom. The standard InChI is InChI=1S/C21H24N2O2/c1-2-17-7-9-18(10-8-17)21(25)23-13-11-22(12-14-23)15-19-5-3-4-6-20(19)16-24/h2-10,24H,1,11-16H2. The molecule has 0 radical (unpaired) electrons. The highest BCUT2D eigenvalue weighted by Crippen LogP contribution is 2.15. The molecule has 0 aromatic heterocycles. The lowest BCUT2D eigenvalue weighted by atomic mass is 10.1. The number of nitrogens with zero attached hydrogens (tertiary/aromatic N) is 2. The second-order valence-electron chi connectivity index (χ2n) is 6.32. The summed E-state index contributed by atoms with van der Waals surface area (Å²) >= 11 is 0. The van der Waals surface area contributed by atoms with Gasteiger partial charge in [-0.2, -0.15) is 0 Å². The van der Waals surface area contributed by atoms with Gasteiger partial charge in [0.1, 0.15) is 0 Å². The maximum atomic E-state index is 12.6. The van der Waals surface area contributed by atoms with Gasteiger partial charge >= 0.3 is 0 Å². The Kier molecular flexibility index (Phi) is 5.64. The molecule has 1 amide bonds. The van der Waals surface area contributed by atoms with Crippen molar-refractivity contribution in [2.24, 2.45) is 0 Å². The van der Waals surface area contributed by atoms with Gasteiger partial charge in [0.15, 0.2) is 0 Å². The van der Waals surface area contributed by atoms with Crippen molar-refractivity contribution in [3.8, 4) is 0 Å². The van der Waals surface area contributed by atoms with Crippen molar-refractivity contribution in [3.63, 3.8) is 0 Å². The Bertz CT molecular complexity index is 732. The van der Waals surface area contributed by atoms with Gasteiger partial charge in [-0.25, -0.2) is 0 Å². The summed E-state index contributed by atoms with van der Waals surface area (Å²) in [5.74, 6) is 0.0889. The second-order valence-corrected chi connectivity index (χ2v) is 6.32. The molecular formula is C21H24N2O2. The highest BCUT2D eigenvalue weighted by atomic mass is 16.3. The van der Waals surface area contributed by atoms with Crippen molar-refractivity contribution < 1.29 is 9.90 Å². The molecule has 0 saturated carbocycles. The minimum absolute atomic E-state index is 0.0648. The van der Waals surface area contributed by atoms with E-state index in [1.54, 1.807) is 6.08 Å². The van der Waals surface area contributed by atoms with Crippen LogP contribution in [0.1, 0.15) is 27.0 Å². The van der Waals surface area contributed by atoms with Gasteiger partial charge in [0.25, 0.3) is 5.91 Å². The first kappa shape index (κ1) is 17.4. The van der Waals surface area contributed by atoms with E-state index < -0.39 is 0 Å². The van der Waals surface area contributed by atoms with E-state index in [1.807, 2.05) is 47.4 Å². The van der Waals surface area contributed by atoms with Gasteiger partial charge in [0.05, 0.1) is 6.61 Å². The first-order chi connectivity index (χ1) is 12.2. The van der Waals surface area contributed by atoms with Gasteiger partial charge in [0.2, 0.25) is 0 Å². The predicted octanol–water partition coefficient (Wildman–Crippen LogP) is 2.78. The van der Waals surface area contributed by atoms with E-state index in [4.69, 9.17) is 0 Å². The van der Waals surface area contributed by atoms with Crippen molar-refractivity contribution in [1.82, 2.24) is 9.80 Å². The highest BCUT2D eigenvalue weighted by molar-refractivity contribution is 5.94. The smallest absolute Gasteiger partial charge is 0.253 e. The summed E-state index contributed by atoms with van der Waals surface area (Å²) in [6.45, 7) is 7.75. The molecule has 1 heterocycles. The Hall–Kier alpha value is -2.43. The van der Waals surface area contributed by atoms with E-state index in [0.717, 1.165) is 55.0 Å². The van der Waals surface area contributed by atoms with Crippen LogP contribution in [-0.4, -0.2) is 47.0 Å². The summed E-state index contributed by atoms with van der Waals surface area (Å²) in [6, 6.07) is 15.5. The third-order valence-electron chi connectivity index (χ3n) is 4.74. The lowest BCUT2D eigenvalue weighted by Gasteiger charge is -2.35. The van der Waals surface area contributed by atoms with Crippen LogP contribution in [0.2, 0.25) is 0 Å². The van der Waals surface area contributed by atoms with Crippen molar-refractivity contribution in [2.45, 2.75) is 13.2 Å². The second kappa shape index (κ2) is 8.10. The van der Waals surface area contributed by atoms with Gasteiger partial charge < -0.3 is 10.0 Å². The van der Waals surface area contributed by atoms with Crippen LogP contribution in [0.25, 0.3) is 6.08 Å². The van der Waals surface area contributed by atoms with Crippen molar-refractivity contribution in [1.29, 1.82) is 0 Å². The highest BCUT2D eigenvalue weighted by Gasteiger charge is 2.22. The van der Waals surface area contributed by atoms with E-state index in [-0.39, 0.29) is 12.5 Å². The number of carbonyl (C=O) groups excluding carboxylic acids is 1. The molecule has 2 aromatic rings. The molecule has 0 atom stereocenters. The number of hydrogen-bond acceptors (Lipinski definition) is 3. The molecule has 4 nitrogen and oxygen atoms in total. The van der Waals surface area contributed by atoms with Gasteiger partial charge in [-0.05, 0) is 28.8 Å². The summed E-state index contributed by atoms with van der Waals surface area (Å²) in [5, 5.41) is 9.45. The summed E-state index contributed by atoms with van der Waals surface area (Å²) in [6.07, 6.45) is 1.78. The molecule has 4 heteroatoms. The first-order valence-corrected chi connectivity index (χ1v) is 8.63. The molecule has 130 valence electrons. The summed E-state index contributed by atoms with van der Waals surface area (Å²) in [7, 11) is 0. The number of amides is 1. The first-order valence-electron chi connectivity index (χ1n) is 8.63. The average Bonchev–Trinajstić information content (AvgIpc) is 2.68. The molecule has 1 saturated heterocycles. The third-order valence-corrected chi connectivity index (χ3v) is 4.74. The van der Waals surface area contributed by atoms with E-state index in [2.05, 4.69) is 17.5 Å². The molecule has 3 rings (SSSR count). The fourth-order valence-corrected chi connectivity index (χ4v) is 3.16. The molecule has 0 bridgehead atoms. The Morgan fingerprint density at radius 2 is 1.64 bits per heavy atom. The number of aliphatic hydroxyl groups is 1. The minimum atomic E-state index is 0.0648. The summed E-state index contributed by atoms with van der Waals surface area (Å²) < 4.78 is 0. The normalized spacial score (nSPS) is 15.2. The fraction of sp³-hybridized carbons (Fsp3) is 0.286. The molecule has 1 aliphatic heterocycles. The zero-order chi connectivity index (χ0) is 17.6. The minimum Gasteiger partial charge on any atom is -0.392 e. The zero-order valence-corrected chi connectivity index (χ0v) is 14.4. The van der Waals surface area contributed by atoms with Gasteiger partial charge in [0, 0.05) is 38.3 Å². The van der Waals surface area contributed by atoms with E-state index in [0.29, 0.717) is 0 Å². The number of benzene rings is 2. The van der Waals surface area contributed by atoms with Gasteiger partial charge in [-0.3, -0.25) is 9.69 Å². The Labute approximate surface area is 149 Å². The Balaban J connectivity index is 1.57. The third kappa shape index (κ3) is 4.16. The monoisotopic (exact) mass is 336 g/mol. The number of hydrogen-bond donors (Lipinski definition) is 1. The van der Waals surface area contributed by atoms with Gasteiger partial charge in [-0.1, -0.05) is 49.1 Å². The summed E-state index contributed by atoms with van der Waals surface area (Å²) in [4.78, 5) is 16.9. The molecule has 1 N–H and O–H groups in total. The number of piperazine rings is 1. The van der Waals surface area contributed by atoms with Crippen molar-refractivity contribution >= 4 is 12.0 Å². The van der Waals surface area contributed by atoms with Gasteiger partial charge in [-0.15, -0.1) is 0 Å². The topological polar surface area (TPSA) is 43.8 Å². The quantitative estimate of drug-likeness (QED) is 0.913. The summed E-state index contributed by atoms with van der Waals surface area (Å²) in [5.41, 5.74) is 3.88.